The summed E-state index contributed by atoms with van der Waals surface area (Å²) >= 11 is 0. The van der Waals surface area contributed by atoms with Crippen molar-refractivity contribution in [2.24, 2.45) is 5.92 Å². The minimum absolute atomic E-state index is 0.348. The van der Waals surface area contributed by atoms with Crippen molar-refractivity contribution in [1.29, 1.82) is 0 Å². The van der Waals surface area contributed by atoms with Gasteiger partial charge in [0.1, 0.15) is 0 Å². The van der Waals surface area contributed by atoms with Crippen molar-refractivity contribution < 1.29 is 14.6 Å². The molecule has 0 radical (unpaired) electrons. The van der Waals surface area contributed by atoms with Gasteiger partial charge in [0, 0.05) is 31.2 Å². The molecule has 0 aromatic heterocycles. The number of carboxylic acids is 1. The molecule has 0 aromatic carbocycles. The molecule has 4 heteroatoms. The Morgan fingerprint density at radius 1 is 1.39 bits per heavy atom. The number of ether oxygens (including phenoxy) is 1. The highest BCUT2D eigenvalue weighted by Crippen LogP contribution is 2.41. The van der Waals surface area contributed by atoms with E-state index >= 15 is 0 Å². The van der Waals surface area contributed by atoms with E-state index in [-0.39, 0.29) is 0 Å². The van der Waals surface area contributed by atoms with Gasteiger partial charge >= 0.3 is 5.97 Å². The van der Waals surface area contributed by atoms with Gasteiger partial charge in [-0.2, -0.15) is 0 Å². The molecule has 0 saturated carbocycles. The first kappa shape index (κ1) is 13.8. The molecule has 4 nitrogen and oxygen atoms in total. The van der Waals surface area contributed by atoms with Crippen LogP contribution in [-0.4, -0.2) is 47.3 Å². The molecule has 0 aromatic rings. The predicted molar refractivity (Wildman–Crippen MR) is 69.6 cm³/mol. The lowest BCUT2D eigenvalue weighted by molar-refractivity contribution is -0.138. The largest absolute Gasteiger partial charge is 0.481 e. The maximum atomic E-state index is 10.8. The lowest BCUT2D eigenvalue weighted by Crippen LogP contribution is -2.49. The summed E-state index contributed by atoms with van der Waals surface area (Å²) in [7, 11) is 0. The third-order valence-electron chi connectivity index (χ3n) is 4.42. The van der Waals surface area contributed by atoms with Crippen LogP contribution >= 0.6 is 0 Å². The van der Waals surface area contributed by atoms with Gasteiger partial charge in [-0.3, -0.25) is 9.69 Å². The van der Waals surface area contributed by atoms with E-state index in [1.54, 1.807) is 0 Å². The third-order valence-corrected chi connectivity index (χ3v) is 4.42. The number of hydrogen-bond acceptors (Lipinski definition) is 3. The van der Waals surface area contributed by atoms with Crippen molar-refractivity contribution >= 4 is 5.97 Å². The van der Waals surface area contributed by atoms with Crippen molar-refractivity contribution in [3.8, 4) is 0 Å². The molecule has 2 saturated heterocycles. The lowest BCUT2D eigenvalue weighted by atomic mass is 9.87. The molecule has 0 amide bonds. The smallest absolute Gasteiger partial charge is 0.303 e. The Bertz CT molecular complexity index is 281. The molecular formula is C14H25NO3. The van der Waals surface area contributed by atoms with Crippen molar-refractivity contribution in [1.82, 2.24) is 4.90 Å². The molecule has 2 aliphatic rings. The van der Waals surface area contributed by atoms with Gasteiger partial charge in [-0.1, -0.05) is 0 Å². The Labute approximate surface area is 109 Å². The summed E-state index contributed by atoms with van der Waals surface area (Å²) in [5.74, 6) is -0.259. The molecule has 3 unspecified atom stereocenters. The van der Waals surface area contributed by atoms with Gasteiger partial charge in [0.2, 0.25) is 0 Å². The maximum Gasteiger partial charge on any atom is 0.303 e. The molecule has 3 atom stereocenters. The zero-order chi connectivity index (χ0) is 13.1. The van der Waals surface area contributed by atoms with Crippen LogP contribution in [0.5, 0.6) is 0 Å². The van der Waals surface area contributed by atoms with Crippen molar-refractivity contribution in [2.45, 2.75) is 64.1 Å². The van der Waals surface area contributed by atoms with Crippen molar-refractivity contribution in [3.05, 3.63) is 0 Å². The van der Waals surface area contributed by atoms with Gasteiger partial charge in [0.15, 0.2) is 0 Å². The summed E-state index contributed by atoms with van der Waals surface area (Å²) in [6.07, 6.45) is 4.92. The van der Waals surface area contributed by atoms with E-state index < -0.39 is 5.97 Å². The standard InChI is InChI=1S/C14H25NO3/c1-3-18-9-10(2)15-12-4-5-13(15)7-11(6-12)8-14(16)17/h10-13H,3-9H2,1-2H3,(H,16,17). The van der Waals surface area contributed by atoms with Crippen LogP contribution in [0, 0.1) is 5.92 Å². The Morgan fingerprint density at radius 2 is 2.00 bits per heavy atom. The second-order valence-electron chi connectivity index (χ2n) is 5.78. The number of nitrogens with zero attached hydrogens (tertiary/aromatic N) is 1. The van der Waals surface area contributed by atoms with E-state index in [1.165, 1.54) is 12.8 Å². The quantitative estimate of drug-likeness (QED) is 0.790. The third kappa shape index (κ3) is 3.04. The lowest BCUT2D eigenvalue weighted by Gasteiger charge is -2.42. The Kier molecular flexibility index (Phi) is 4.62. The monoisotopic (exact) mass is 255 g/mol. The zero-order valence-electron chi connectivity index (χ0n) is 11.5. The molecule has 2 aliphatic heterocycles. The van der Waals surface area contributed by atoms with Gasteiger partial charge in [0.05, 0.1) is 6.61 Å². The van der Waals surface area contributed by atoms with Crippen LogP contribution in [-0.2, 0) is 9.53 Å². The van der Waals surface area contributed by atoms with E-state index in [0.717, 1.165) is 26.1 Å². The number of hydrogen-bond donors (Lipinski definition) is 1. The minimum Gasteiger partial charge on any atom is -0.481 e. The fraction of sp³-hybridized carbons (Fsp3) is 0.929. The summed E-state index contributed by atoms with van der Waals surface area (Å²) in [5.41, 5.74) is 0. The fourth-order valence-corrected chi connectivity index (χ4v) is 3.83. The average molecular weight is 255 g/mol. The van der Waals surface area contributed by atoms with Gasteiger partial charge < -0.3 is 9.84 Å². The Hall–Kier alpha value is -0.610. The van der Waals surface area contributed by atoms with Crippen LogP contribution < -0.4 is 0 Å². The minimum atomic E-state index is -0.643. The first-order valence-corrected chi connectivity index (χ1v) is 7.18. The Morgan fingerprint density at radius 3 is 2.50 bits per heavy atom. The van der Waals surface area contributed by atoms with Crippen LogP contribution in [0.15, 0.2) is 0 Å². The van der Waals surface area contributed by atoms with Gasteiger partial charge in [-0.25, -0.2) is 0 Å². The zero-order valence-corrected chi connectivity index (χ0v) is 11.5. The van der Waals surface area contributed by atoms with E-state index in [4.69, 9.17) is 9.84 Å². The second-order valence-corrected chi connectivity index (χ2v) is 5.78. The number of rotatable bonds is 6. The van der Waals surface area contributed by atoms with E-state index in [0.29, 0.717) is 30.5 Å². The SMILES string of the molecule is CCOCC(C)N1C2CCC1CC(CC(=O)O)C2. The first-order valence-electron chi connectivity index (χ1n) is 7.18. The molecule has 104 valence electrons. The summed E-state index contributed by atoms with van der Waals surface area (Å²) in [6, 6.07) is 1.64. The number of aliphatic carboxylic acids is 1. The molecule has 2 rings (SSSR count). The van der Waals surface area contributed by atoms with E-state index in [1.807, 2.05) is 6.92 Å². The second kappa shape index (κ2) is 6.02. The molecule has 18 heavy (non-hydrogen) atoms. The summed E-state index contributed by atoms with van der Waals surface area (Å²) in [5, 5.41) is 8.92. The van der Waals surface area contributed by atoms with Crippen molar-refractivity contribution in [3.63, 3.8) is 0 Å². The highest BCUT2D eigenvalue weighted by atomic mass is 16.5. The van der Waals surface area contributed by atoms with Gasteiger partial charge in [0.25, 0.3) is 0 Å². The number of carboxylic acid groups (broad SMARTS) is 1. The van der Waals surface area contributed by atoms with Gasteiger partial charge in [-0.15, -0.1) is 0 Å². The van der Waals surface area contributed by atoms with Crippen molar-refractivity contribution in [2.75, 3.05) is 13.2 Å². The number of fused-ring (bicyclic) bond motifs is 2. The summed E-state index contributed by atoms with van der Waals surface area (Å²) < 4.78 is 5.53. The van der Waals surface area contributed by atoms with Crippen LogP contribution in [0.3, 0.4) is 0 Å². The molecular weight excluding hydrogens is 230 g/mol. The first-order chi connectivity index (χ1) is 8.61. The molecule has 0 aliphatic carbocycles. The molecule has 2 heterocycles. The van der Waals surface area contributed by atoms with Crippen LogP contribution in [0.25, 0.3) is 0 Å². The van der Waals surface area contributed by atoms with Gasteiger partial charge in [-0.05, 0) is 45.4 Å². The number of carbonyl (C=O) groups is 1. The Balaban J connectivity index is 1.91. The number of piperidine rings is 1. The highest BCUT2D eigenvalue weighted by Gasteiger charge is 2.42. The molecule has 0 spiro atoms. The predicted octanol–water partition coefficient (Wildman–Crippen LogP) is 2.13. The normalized spacial score (nSPS) is 33.6. The van der Waals surface area contributed by atoms with E-state index in [9.17, 15) is 4.79 Å². The van der Waals surface area contributed by atoms with E-state index in [2.05, 4.69) is 11.8 Å². The summed E-state index contributed by atoms with van der Waals surface area (Å²) in [4.78, 5) is 13.4. The van der Waals surface area contributed by atoms with Crippen LogP contribution in [0.2, 0.25) is 0 Å². The average Bonchev–Trinajstić information content (AvgIpc) is 2.57. The fourth-order valence-electron chi connectivity index (χ4n) is 3.83. The molecule has 2 fully saturated rings. The van der Waals surface area contributed by atoms with Crippen LogP contribution in [0.4, 0.5) is 0 Å². The molecule has 2 bridgehead atoms. The maximum absolute atomic E-state index is 10.8. The highest BCUT2D eigenvalue weighted by molar-refractivity contribution is 5.67. The molecule has 1 N–H and O–H groups in total. The summed E-state index contributed by atoms with van der Waals surface area (Å²) in [6.45, 7) is 5.83. The topological polar surface area (TPSA) is 49.8 Å². The van der Waals surface area contributed by atoms with Crippen LogP contribution in [0.1, 0.15) is 46.0 Å².